The highest BCUT2D eigenvalue weighted by Crippen LogP contribution is 2.37. The molecule has 0 unspecified atom stereocenters. The summed E-state index contributed by atoms with van der Waals surface area (Å²) in [4.78, 5) is 8.90. The summed E-state index contributed by atoms with van der Waals surface area (Å²) < 4.78 is 35.0. The number of aryl methyl sites for hydroxylation is 2. The molecule has 0 aliphatic rings. The van der Waals surface area contributed by atoms with Crippen LogP contribution in [0.1, 0.15) is 10.6 Å². The van der Waals surface area contributed by atoms with Gasteiger partial charge in [0.15, 0.2) is 0 Å². The van der Waals surface area contributed by atoms with Gasteiger partial charge in [-0.3, -0.25) is 4.55 Å². The van der Waals surface area contributed by atoms with E-state index >= 15 is 0 Å². The van der Waals surface area contributed by atoms with E-state index in [9.17, 15) is 13.0 Å². The van der Waals surface area contributed by atoms with Crippen LogP contribution in [0.5, 0.6) is 0 Å². The van der Waals surface area contributed by atoms with Gasteiger partial charge in [-0.2, -0.15) is 8.42 Å². The largest absolute Gasteiger partial charge is 0.295 e. The topological polar surface area (TPSA) is 80.2 Å². The Morgan fingerprint density at radius 3 is 2.42 bits per heavy atom. The number of fused-ring (bicyclic) bond motifs is 2. The third-order valence-electron chi connectivity index (χ3n) is 3.65. The van der Waals surface area contributed by atoms with Crippen molar-refractivity contribution in [3.63, 3.8) is 0 Å². The summed E-state index contributed by atoms with van der Waals surface area (Å²) in [6, 6.07) is 8.88. The van der Waals surface area contributed by atoms with Crippen molar-refractivity contribution in [1.82, 2.24) is 9.97 Å². The molecular formula is C16H12N2O3S3. The van der Waals surface area contributed by atoms with Gasteiger partial charge in [0.1, 0.15) is 9.90 Å². The smallest absolute Gasteiger partial charge is 0.282 e. The summed E-state index contributed by atoms with van der Waals surface area (Å²) in [6.07, 6.45) is 0. The lowest BCUT2D eigenvalue weighted by molar-refractivity contribution is 0.483. The van der Waals surface area contributed by atoms with Crippen molar-refractivity contribution in [2.45, 2.75) is 18.7 Å². The Bertz CT molecular complexity index is 1160. The average molecular weight is 376 g/mol. The lowest BCUT2D eigenvalue weighted by atomic mass is 10.1. The number of benzene rings is 2. The molecular weight excluding hydrogens is 364 g/mol. The number of nitrogens with zero attached hydrogens (tertiary/aromatic N) is 2. The van der Waals surface area contributed by atoms with Crippen LogP contribution in [0.25, 0.3) is 31.0 Å². The molecule has 4 rings (SSSR count). The lowest BCUT2D eigenvalue weighted by Crippen LogP contribution is -2.01. The average Bonchev–Trinajstić information content (AvgIpc) is 3.04. The fourth-order valence-corrected chi connectivity index (χ4v) is 5.39. The molecule has 2 aromatic heterocycles. The van der Waals surface area contributed by atoms with Crippen molar-refractivity contribution >= 4 is 53.2 Å². The minimum absolute atomic E-state index is 0.114. The Morgan fingerprint density at radius 1 is 0.958 bits per heavy atom. The van der Waals surface area contributed by atoms with E-state index in [0.29, 0.717) is 10.6 Å². The van der Waals surface area contributed by atoms with Crippen molar-refractivity contribution < 1.29 is 13.0 Å². The number of aromatic nitrogens is 2. The lowest BCUT2D eigenvalue weighted by Gasteiger charge is -2.05. The minimum Gasteiger partial charge on any atom is -0.282 e. The van der Waals surface area contributed by atoms with Crippen LogP contribution in [-0.2, 0) is 10.1 Å². The molecule has 24 heavy (non-hydrogen) atoms. The number of hydrogen-bond donors (Lipinski definition) is 1. The van der Waals surface area contributed by atoms with Gasteiger partial charge >= 0.3 is 0 Å². The van der Waals surface area contributed by atoms with Crippen LogP contribution in [0.15, 0.2) is 35.2 Å². The summed E-state index contributed by atoms with van der Waals surface area (Å²) in [7, 11) is -4.32. The van der Waals surface area contributed by atoms with Gasteiger partial charge in [0.05, 0.1) is 25.4 Å². The number of rotatable bonds is 2. The Hall–Kier alpha value is -1.87. The molecule has 0 aliphatic heterocycles. The highest BCUT2D eigenvalue weighted by molar-refractivity contribution is 7.86. The van der Waals surface area contributed by atoms with E-state index in [-0.39, 0.29) is 4.90 Å². The van der Waals surface area contributed by atoms with Crippen LogP contribution < -0.4 is 0 Å². The molecule has 1 N–H and O–H groups in total. The third-order valence-corrected chi connectivity index (χ3v) is 6.53. The van der Waals surface area contributed by atoms with Crippen molar-refractivity contribution in [3.8, 4) is 10.6 Å². The molecule has 2 aromatic carbocycles. The molecule has 0 radical (unpaired) electrons. The first kappa shape index (κ1) is 15.6. The Kier molecular flexibility index (Phi) is 3.47. The van der Waals surface area contributed by atoms with Gasteiger partial charge in [-0.15, -0.1) is 22.7 Å². The molecule has 0 saturated carbocycles. The van der Waals surface area contributed by atoms with Crippen LogP contribution in [0.2, 0.25) is 0 Å². The van der Waals surface area contributed by atoms with Gasteiger partial charge in [-0.05, 0) is 37.6 Å². The second-order valence-electron chi connectivity index (χ2n) is 5.51. The monoisotopic (exact) mass is 376 g/mol. The first-order valence-corrected chi connectivity index (χ1v) is 10.1. The van der Waals surface area contributed by atoms with E-state index in [1.807, 2.05) is 19.1 Å². The maximum absolute atomic E-state index is 11.7. The quantitative estimate of drug-likeness (QED) is 0.523. The van der Waals surface area contributed by atoms with Crippen LogP contribution in [0, 0.1) is 13.8 Å². The molecule has 0 fully saturated rings. The molecule has 0 amide bonds. The van der Waals surface area contributed by atoms with Gasteiger partial charge in [0, 0.05) is 5.56 Å². The van der Waals surface area contributed by atoms with Crippen LogP contribution >= 0.6 is 22.7 Å². The van der Waals surface area contributed by atoms with Crippen molar-refractivity contribution in [2.24, 2.45) is 0 Å². The van der Waals surface area contributed by atoms with E-state index < -0.39 is 10.1 Å². The summed E-state index contributed by atoms with van der Waals surface area (Å²) in [6.45, 7) is 3.74. The van der Waals surface area contributed by atoms with Gasteiger partial charge in [-0.25, -0.2) is 9.97 Å². The molecule has 0 saturated heterocycles. The highest BCUT2D eigenvalue weighted by atomic mass is 32.2. The molecule has 122 valence electrons. The van der Waals surface area contributed by atoms with E-state index in [4.69, 9.17) is 0 Å². The number of hydrogen-bond acceptors (Lipinski definition) is 6. The van der Waals surface area contributed by atoms with E-state index in [1.54, 1.807) is 30.4 Å². The minimum atomic E-state index is -4.32. The molecule has 0 atom stereocenters. The number of thiazole rings is 2. The first-order chi connectivity index (χ1) is 11.3. The third kappa shape index (κ3) is 2.61. The van der Waals surface area contributed by atoms with Crippen LogP contribution in [0.3, 0.4) is 0 Å². The standard InChI is InChI=1S/C16H12N2O3S3/c1-8-3-4-10(15(5-8)24(19,20)21)16-18-12-6-11-13(7-14(12)23-16)22-9(2)17-11/h3-7H,1-2H3,(H,19,20,21). The van der Waals surface area contributed by atoms with Crippen LogP contribution in [0.4, 0.5) is 0 Å². The van der Waals surface area contributed by atoms with E-state index in [2.05, 4.69) is 9.97 Å². The molecule has 2 heterocycles. The summed E-state index contributed by atoms with van der Waals surface area (Å²) in [5.41, 5.74) is 2.83. The van der Waals surface area contributed by atoms with Gasteiger partial charge in [0.2, 0.25) is 0 Å². The molecule has 0 spiro atoms. The summed E-state index contributed by atoms with van der Waals surface area (Å²) in [5.74, 6) is 0. The fraction of sp³-hybridized carbons (Fsp3) is 0.125. The summed E-state index contributed by atoms with van der Waals surface area (Å²) in [5, 5.41) is 1.56. The Labute approximate surface area is 146 Å². The maximum atomic E-state index is 11.7. The van der Waals surface area contributed by atoms with Crippen molar-refractivity contribution in [1.29, 1.82) is 0 Å². The second-order valence-corrected chi connectivity index (χ2v) is 9.17. The SMILES string of the molecule is Cc1ccc(-c2nc3cc4nc(C)sc4cc3s2)c(S(=O)(=O)O)c1. The van der Waals surface area contributed by atoms with Gasteiger partial charge in [0.25, 0.3) is 10.1 Å². The predicted octanol–water partition coefficient (Wildman–Crippen LogP) is 4.44. The molecule has 4 aromatic rings. The Balaban J connectivity index is 1.97. The van der Waals surface area contributed by atoms with Gasteiger partial charge < -0.3 is 0 Å². The zero-order chi connectivity index (χ0) is 17.1. The van der Waals surface area contributed by atoms with Crippen molar-refractivity contribution in [3.05, 3.63) is 40.9 Å². The maximum Gasteiger partial charge on any atom is 0.295 e. The molecule has 8 heteroatoms. The van der Waals surface area contributed by atoms with E-state index in [1.165, 1.54) is 17.4 Å². The summed E-state index contributed by atoms with van der Waals surface area (Å²) >= 11 is 3.02. The molecule has 5 nitrogen and oxygen atoms in total. The zero-order valence-electron chi connectivity index (χ0n) is 12.8. The Morgan fingerprint density at radius 2 is 1.67 bits per heavy atom. The highest BCUT2D eigenvalue weighted by Gasteiger charge is 2.20. The van der Waals surface area contributed by atoms with E-state index in [0.717, 1.165) is 31.0 Å². The normalized spacial score (nSPS) is 12.3. The predicted molar refractivity (Wildman–Crippen MR) is 97.5 cm³/mol. The zero-order valence-corrected chi connectivity index (χ0v) is 15.2. The van der Waals surface area contributed by atoms with Crippen molar-refractivity contribution in [2.75, 3.05) is 0 Å². The van der Waals surface area contributed by atoms with Crippen LogP contribution in [-0.4, -0.2) is 22.9 Å². The fourth-order valence-electron chi connectivity index (χ4n) is 2.60. The molecule has 0 aliphatic carbocycles. The van der Waals surface area contributed by atoms with Gasteiger partial charge in [-0.1, -0.05) is 12.1 Å². The second kappa shape index (κ2) is 5.32. The first-order valence-electron chi connectivity index (χ1n) is 7.07. The molecule has 0 bridgehead atoms.